The van der Waals surface area contributed by atoms with Gasteiger partial charge in [0.2, 0.25) is 0 Å². The van der Waals surface area contributed by atoms with Crippen molar-refractivity contribution in [1.29, 1.82) is 0 Å². The van der Waals surface area contributed by atoms with Gasteiger partial charge in [-0.15, -0.1) is 5.10 Å². The second-order valence-electron chi connectivity index (χ2n) is 6.09. The van der Waals surface area contributed by atoms with E-state index in [1.165, 1.54) is 23.4 Å². The van der Waals surface area contributed by atoms with E-state index in [4.69, 9.17) is 0 Å². The van der Waals surface area contributed by atoms with Gasteiger partial charge >= 0.3 is 6.03 Å². The molecule has 1 saturated heterocycles. The Bertz CT molecular complexity index is 1040. The van der Waals surface area contributed by atoms with Crippen LogP contribution < -0.4 is 16.0 Å². The topological polar surface area (TPSA) is 131 Å². The van der Waals surface area contributed by atoms with Crippen LogP contribution in [-0.4, -0.2) is 44.4 Å². The molecule has 0 spiro atoms. The molecule has 140 valence electrons. The molecule has 4 rings (SSSR count). The summed E-state index contributed by atoms with van der Waals surface area (Å²) in [6.45, 7) is -0.161. The summed E-state index contributed by atoms with van der Waals surface area (Å²) in [5.41, 5.74) is -0.139. The van der Waals surface area contributed by atoms with E-state index in [1.807, 2.05) is 18.2 Å². The summed E-state index contributed by atoms with van der Waals surface area (Å²) in [6, 6.07) is 11.7. The molecule has 2 aromatic heterocycles. The summed E-state index contributed by atoms with van der Waals surface area (Å²) < 4.78 is 0. The summed E-state index contributed by atoms with van der Waals surface area (Å²) >= 11 is 0. The maximum atomic E-state index is 12.5. The molecule has 3 N–H and O–H groups in total. The highest BCUT2D eigenvalue weighted by molar-refractivity contribution is 6.08. The van der Waals surface area contributed by atoms with Crippen LogP contribution in [0.3, 0.4) is 0 Å². The van der Waals surface area contributed by atoms with Gasteiger partial charge in [0.1, 0.15) is 0 Å². The number of urea groups is 1. The lowest BCUT2D eigenvalue weighted by molar-refractivity contribution is -0.124. The number of carbonyl (C=O) groups excluding carboxylic acids is 3. The third-order valence-electron chi connectivity index (χ3n) is 4.34. The first-order valence-corrected chi connectivity index (χ1v) is 8.38. The number of rotatable bonds is 5. The standard InChI is InChI=1S/C18H15N7O3/c26-15(14-10-21-25(24-14)13-4-2-1-3-5-13)20-11-18(12-6-8-19-9-7-12)16(27)22-17(28)23-18/h1-10H,11H2,(H,20,26)(H2,22,23,27,28). The molecule has 1 aromatic carbocycles. The van der Waals surface area contributed by atoms with Gasteiger partial charge in [0.05, 0.1) is 18.4 Å². The van der Waals surface area contributed by atoms with Gasteiger partial charge in [-0.25, -0.2) is 4.79 Å². The number of pyridine rings is 1. The molecule has 1 aliphatic heterocycles. The highest BCUT2D eigenvalue weighted by Gasteiger charge is 2.48. The summed E-state index contributed by atoms with van der Waals surface area (Å²) in [7, 11) is 0. The summed E-state index contributed by atoms with van der Waals surface area (Å²) in [5, 5.41) is 15.7. The molecule has 1 aliphatic rings. The molecule has 3 heterocycles. The molecule has 10 nitrogen and oxygen atoms in total. The normalized spacial score (nSPS) is 18.4. The van der Waals surface area contributed by atoms with E-state index in [0.29, 0.717) is 11.3 Å². The Morgan fingerprint density at radius 3 is 2.54 bits per heavy atom. The minimum Gasteiger partial charge on any atom is -0.347 e. The van der Waals surface area contributed by atoms with Crippen molar-refractivity contribution in [3.8, 4) is 5.69 Å². The lowest BCUT2D eigenvalue weighted by Gasteiger charge is -2.26. The fourth-order valence-corrected chi connectivity index (χ4v) is 2.91. The van der Waals surface area contributed by atoms with Gasteiger partial charge < -0.3 is 10.6 Å². The number of carbonyl (C=O) groups is 3. The van der Waals surface area contributed by atoms with E-state index in [9.17, 15) is 14.4 Å². The third-order valence-corrected chi connectivity index (χ3v) is 4.34. The number of hydrogen-bond donors (Lipinski definition) is 3. The largest absolute Gasteiger partial charge is 0.347 e. The molecule has 10 heteroatoms. The molecule has 0 saturated carbocycles. The zero-order chi connectivity index (χ0) is 19.6. The Morgan fingerprint density at radius 1 is 1.11 bits per heavy atom. The molecular formula is C18H15N7O3. The Morgan fingerprint density at radius 2 is 1.86 bits per heavy atom. The molecule has 1 atom stereocenters. The van der Waals surface area contributed by atoms with Crippen molar-refractivity contribution in [3.05, 3.63) is 72.3 Å². The van der Waals surface area contributed by atoms with Gasteiger partial charge in [0.15, 0.2) is 11.2 Å². The number of nitrogens with zero attached hydrogens (tertiary/aromatic N) is 4. The number of hydrogen-bond acceptors (Lipinski definition) is 6. The first kappa shape index (κ1) is 17.3. The Kier molecular flexibility index (Phi) is 4.28. The fourth-order valence-electron chi connectivity index (χ4n) is 2.91. The molecule has 0 radical (unpaired) electrons. The fraction of sp³-hybridized carbons (Fsp3) is 0.111. The number of imide groups is 1. The van der Waals surface area contributed by atoms with E-state index in [2.05, 4.69) is 31.1 Å². The van der Waals surface area contributed by atoms with Gasteiger partial charge in [0.25, 0.3) is 11.8 Å². The van der Waals surface area contributed by atoms with Gasteiger partial charge in [0, 0.05) is 12.4 Å². The minimum absolute atomic E-state index is 0.0819. The number of benzene rings is 1. The molecule has 1 fully saturated rings. The molecule has 28 heavy (non-hydrogen) atoms. The van der Waals surface area contributed by atoms with Crippen LogP contribution in [0.4, 0.5) is 4.79 Å². The van der Waals surface area contributed by atoms with Crippen molar-refractivity contribution in [1.82, 2.24) is 35.9 Å². The average molecular weight is 377 g/mol. The Hall–Kier alpha value is -4.08. The van der Waals surface area contributed by atoms with E-state index in [-0.39, 0.29) is 12.2 Å². The smallest absolute Gasteiger partial charge is 0.322 e. The zero-order valence-corrected chi connectivity index (χ0v) is 14.5. The number of amides is 4. The number of para-hydroxylation sites is 1. The lowest BCUT2D eigenvalue weighted by atomic mass is 9.90. The maximum Gasteiger partial charge on any atom is 0.322 e. The van der Waals surface area contributed by atoms with Crippen LogP contribution in [0.15, 0.2) is 61.1 Å². The van der Waals surface area contributed by atoms with Gasteiger partial charge in [-0.05, 0) is 29.8 Å². The van der Waals surface area contributed by atoms with Crippen LogP contribution in [-0.2, 0) is 10.3 Å². The van der Waals surface area contributed by atoms with E-state index < -0.39 is 23.4 Å². The van der Waals surface area contributed by atoms with Crippen molar-refractivity contribution in [2.45, 2.75) is 5.54 Å². The third kappa shape index (κ3) is 3.07. The van der Waals surface area contributed by atoms with Crippen LogP contribution >= 0.6 is 0 Å². The predicted octanol–water partition coefficient (Wildman–Crippen LogP) is 0.127. The SMILES string of the molecule is O=C1NC(=O)C(CNC(=O)c2cnn(-c3ccccc3)n2)(c2ccncc2)N1. The monoisotopic (exact) mass is 377 g/mol. The van der Waals surface area contributed by atoms with E-state index in [0.717, 1.165) is 0 Å². The maximum absolute atomic E-state index is 12.5. The van der Waals surface area contributed by atoms with Gasteiger partial charge in [-0.3, -0.25) is 19.9 Å². The molecule has 1 unspecified atom stereocenters. The lowest BCUT2D eigenvalue weighted by Crippen LogP contribution is -2.52. The van der Waals surface area contributed by atoms with E-state index in [1.54, 1.807) is 24.3 Å². The highest BCUT2D eigenvalue weighted by atomic mass is 16.2. The average Bonchev–Trinajstić information content (AvgIpc) is 3.33. The molecule has 0 aliphatic carbocycles. The molecule has 0 bridgehead atoms. The minimum atomic E-state index is -1.43. The van der Waals surface area contributed by atoms with E-state index >= 15 is 0 Å². The van der Waals surface area contributed by atoms with Crippen LogP contribution in [0.5, 0.6) is 0 Å². The second kappa shape index (κ2) is 6.91. The van der Waals surface area contributed by atoms with Crippen LogP contribution in [0.2, 0.25) is 0 Å². The van der Waals surface area contributed by atoms with Crippen LogP contribution in [0, 0.1) is 0 Å². The first-order valence-electron chi connectivity index (χ1n) is 8.38. The van der Waals surface area contributed by atoms with Crippen molar-refractivity contribution >= 4 is 17.8 Å². The highest BCUT2D eigenvalue weighted by Crippen LogP contribution is 2.23. The Balaban J connectivity index is 1.54. The van der Waals surface area contributed by atoms with Crippen molar-refractivity contribution in [2.75, 3.05) is 6.54 Å². The van der Waals surface area contributed by atoms with Gasteiger partial charge in [-0.1, -0.05) is 18.2 Å². The van der Waals surface area contributed by atoms with Crippen molar-refractivity contribution in [3.63, 3.8) is 0 Å². The van der Waals surface area contributed by atoms with Crippen LogP contribution in [0.1, 0.15) is 16.1 Å². The molecular weight excluding hydrogens is 362 g/mol. The second-order valence-corrected chi connectivity index (χ2v) is 6.09. The van der Waals surface area contributed by atoms with Crippen molar-refractivity contribution in [2.24, 2.45) is 0 Å². The first-order chi connectivity index (χ1) is 13.6. The number of nitrogens with one attached hydrogen (secondary N) is 3. The summed E-state index contributed by atoms with van der Waals surface area (Å²) in [5.74, 6) is -1.08. The van der Waals surface area contributed by atoms with Crippen molar-refractivity contribution < 1.29 is 14.4 Å². The predicted molar refractivity (Wildman–Crippen MR) is 96.3 cm³/mol. The number of aromatic nitrogens is 4. The van der Waals surface area contributed by atoms with Crippen LogP contribution in [0.25, 0.3) is 5.69 Å². The molecule has 4 amide bonds. The summed E-state index contributed by atoms with van der Waals surface area (Å²) in [4.78, 5) is 41.9. The zero-order valence-electron chi connectivity index (χ0n) is 14.5. The quantitative estimate of drug-likeness (QED) is 0.542. The summed E-state index contributed by atoms with van der Waals surface area (Å²) in [6.07, 6.45) is 4.33. The Labute approximate surface area is 159 Å². The van der Waals surface area contributed by atoms with Gasteiger partial charge in [-0.2, -0.15) is 9.90 Å². The molecule has 3 aromatic rings.